The summed E-state index contributed by atoms with van der Waals surface area (Å²) in [5.41, 5.74) is -0.436. The van der Waals surface area contributed by atoms with Gasteiger partial charge in [-0.15, -0.1) is 0 Å². The van der Waals surface area contributed by atoms with Crippen LogP contribution in [0.25, 0.3) is 0 Å². The first-order valence-corrected chi connectivity index (χ1v) is 5.46. The van der Waals surface area contributed by atoms with Gasteiger partial charge in [0, 0.05) is 32.7 Å². The number of carbonyl (C=O) groups is 1. The average molecular weight is 233 g/mol. The summed E-state index contributed by atoms with van der Waals surface area (Å²) in [4.78, 5) is 13.2. The van der Waals surface area contributed by atoms with Crippen LogP contribution in [0.15, 0.2) is 0 Å². The van der Waals surface area contributed by atoms with Crippen LogP contribution >= 0.6 is 0 Å². The van der Waals surface area contributed by atoms with Crippen molar-refractivity contribution in [1.29, 1.82) is 0 Å². The molecule has 0 spiro atoms. The highest BCUT2D eigenvalue weighted by molar-refractivity contribution is 5.68. The van der Waals surface area contributed by atoms with E-state index in [1.165, 1.54) is 0 Å². The quantitative estimate of drug-likeness (QED) is 0.704. The van der Waals surface area contributed by atoms with E-state index in [0.29, 0.717) is 13.1 Å². The molecular formula is C11H23NO4. The SMILES string of the molecule is CC(C)(C)OC(=O)N1CCC(CO)C1.CO. The Morgan fingerprint density at radius 3 is 2.38 bits per heavy atom. The van der Waals surface area contributed by atoms with Gasteiger partial charge in [0.1, 0.15) is 5.60 Å². The zero-order chi connectivity index (χ0) is 12.8. The summed E-state index contributed by atoms with van der Waals surface area (Å²) >= 11 is 0. The van der Waals surface area contributed by atoms with E-state index in [-0.39, 0.29) is 18.6 Å². The Morgan fingerprint density at radius 1 is 1.44 bits per heavy atom. The summed E-state index contributed by atoms with van der Waals surface area (Å²) in [5.74, 6) is 0.225. The van der Waals surface area contributed by atoms with Crippen LogP contribution in [0.4, 0.5) is 4.79 Å². The normalized spacial score (nSPS) is 20.1. The molecule has 1 rings (SSSR count). The lowest BCUT2D eigenvalue weighted by atomic mass is 10.1. The second kappa shape index (κ2) is 6.70. The average Bonchev–Trinajstić information content (AvgIpc) is 2.66. The van der Waals surface area contributed by atoms with Gasteiger partial charge < -0.3 is 19.8 Å². The molecule has 1 aliphatic rings. The number of likely N-dealkylation sites (tertiary alicyclic amines) is 1. The lowest BCUT2D eigenvalue weighted by Gasteiger charge is -2.24. The molecule has 1 amide bonds. The third-order valence-corrected chi connectivity index (χ3v) is 2.20. The van der Waals surface area contributed by atoms with Crippen molar-refractivity contribution in [2.45, 2.75) is 32.8 Å². The van der Waals surface area contributed by atoms with Crippen LogP contribution in [0.1, 0.15) is 27.2 Å². The summed E-state index contributed by atoms with van der Waals surface area (Å²) in [5, 5.41) is 15.9. The Hall–Kier alpha value is -0.810. The highest BCUT2D eigenvalue weighted by atomic mass is 16.6. The minimum atomic E-state index is -0.436. The molecule has 2 N–H and O–H groups in total. The van der Waals surface area contributed by atoms with Gasteiger partial charge in [0.15, 0.2) is 0 Å². The van der Waals surface area contributed by atoms with Crippen molar-refractivity contribution in [3.8, 4) is 0 Å². The third kappa shape index (κ3) is 5.32. The molecule has 1 aliphatic heterocycles. The van der Waals surface area contributed by atoms with Crippen LogP contribution in [0.5, 0.6) is 0 Å². The smallest absolute Gasteiger partial charge is 0.410 e. The molecule has 0 saturated carbocycles. The van der Waals surface area contributed by atoms with Gasteiger partial charge in [-0.3, -0.25) is 0 Å². The number of aliphatic hydroxyl groups excluding tert-OH is 2. The molecule has 5 nitrogen and oxygen atoms in total. The maximum absolute atomic E-state index is 11.5. The Bertz CT molecular complexity index is 213. The van der Waals surface area contributed by atoms with Gasteiger partial charge in [0.25, 0.3) is 0 Å². The van der Waals surface area contributed by atoms with E-state index in [2.05, 4.69) is 0 Å². The first-order chi connectivity index (χ1) is 7.42. The van der Waals surface area contributed by atoms with Crippen LogP contribution in [0, 0.1) is 5.92 Å². The van der Waals surface area contributed by atoms with Crippen molar-refractivity contribution in [2.75, 3.05) is 26.8 Å². The maximum atomic E-state index is 11.5. The minimum absolute atomic E-state index is 0.152. The Labute approximate surface area is 97.0 Å². The van der Waals surface area contributed by atoms with Crippen LogP contribution in [0.2, 0.25) is 0 Å². The number of aliphatic hydroxyl groups is 2. The number of rotatable bonds is 1. The molecule has 1 heterocycles. The van der Waals surface area contributed by atoms with Crippen molar-refractivity contribution in [1.82, 2.24) is 4.90 Å². The molecule has 0 radical (unpaired) electrons. The number of carbonyl (C=O) groups excluding carboxylic acids is 1. The molecule has 0 aliphatic carbocycles. The summed E-state index contributed by atoms with van der Waals surface area (Å²) in [6.45, 7) is 7.02. The summed E-state index contributed by atoms with van der Waals surface area (Å²) in [6.07, 6.45) is 0.601. The number of hydrogen-bond acceptors (Lipinski definition) is 4. The fraction of sp³-hybridized carbons (Fsp3) is 0.909. The van der Waals surface area contributed by atoms with Gasteiger partial charge in [-0.2, -0.15) is 0 Å². The van der Waals surface area contributed by atoms with Gasteiger partial charge >= 0.3 is 6.09 Å². The van der Waals surface area contributed by atoms with Crippen LogP contribution in [0.3, 0.4) is 0 Å². The molecule has 1 fully saturated rings. The monoisotopic (exact) mass is 233 g/mol. The van der Waals surface area contributed by atoms with Gasteiger partial charge in [-0.1, -0.05) is 0 Å². The molecule has 1 unspecified atom stereocenters. The van der Waals surface area contributed by atoms with Crippen molar-refractivity contribution < 1.29 is 19.7 Å². The Morgan fingerprint density at radius 2 is 2.00 bits per heavy atom. The Kier molecular flexibility index (Phi) is 6.36. The first kappa shape index (κ1) is 15.2. The molecule has 0 aromatic carbocycles. The standard InChI is InChI=1S/C10H19NO3.CH4O/c1-10(2,3)14-9(13)11-5-4-8(6-11)7-12;1-2/h8,12H,4-7H2,1-3H3;2H,1H3. The second-order valence-electron chi connectivity index (χ2n) is 4.76. The predicted octanol–water partition coefficient (Wildman–Crippen LogP) is 0.844. The molecule has 1 saturated heterocycles. The zero-order valence-electron chi connectivity index (χ0n) is 10.6. The van der Waals surface area contributed by atoms with E-state index >= 15 is 0 Å². The summed E-state index contributed by atoms with van der Waals surface area (Å²) < 4.78 is 5.22. The summed E-state index contributed by atoms with van der Waals surface area (Å²) in [6, 6.07) is 0. The van der Waals surface area contributed by atoms with Crippen LogP contribution in [-0.4, -0.2) is 53.6 Å². The van der Waals surface area contributed by atoms with Crippen LogP contribution in [-0.2, 0) is 4.74 Å². The van der Waals surface area contributed by atoms with E-state index in [1.54, 1.807) is 4.90 Å². The van der Waals surface area contributed by atoms with E-state index in [0.717, 1.165) is 13.5 Å². The van der Waals surface area contributed by atoms with Gasteiger partial charge in [0.05, 0.1) is 0 Å². The van der Waals surface area contributed by atoms with E-state index in [4.69, 9.17) is 14.9 Å². The van der Waals surface area contributed by atoms with Crippen LogP contribution < -0.4 is 0 Å². The molecule has 0 bridgehead atoms. The van der Waals surface area contributed by atoms with Crippen molar-refractivity contribution in [3.63, 3.8) is 0 Å². The molecule has 5 heteroatoms. The molecule has 96 valence electrons. The van der Waals surface area contributed by atoms with Gasteiger partial charge in [-0.05, 0) is 27.2 Å². The minimum Gasteiger partial charge on any atom is -0.444 e. The highest BCUT2D eigenvalue weighted by Crippen LogP contribution is 2.18. The summed E-state index contributed by atoms with van der Waals surface area (Å²) in [7, 11) is 1.00. The van der Waals surface area contributed by atoms with E-state index in [9.17, 15) is 4.79 Å². The fourth-order valence-corrected chi connectivity index (χ4v) is 1.47. The zero-order valence-corrected chi connectivity index (χ0v) is 10.6. The second-order valence-corrected chi connectivity index (χ2v) is 4.76. The molecule has 0 aromatic rings. The number of ether oxygens (including phenoxy) is 1. The topological polar surface area (TPSA) is 70.0 Å². The molecule has 0 aromatic heterocycles. The highest BCUT2D eigenvalue weighted by Gasteiger charge is 2.29. The van der Waals surface area contributed by atoms with Crippen molar-refractivity contribution in [2.24, 2.45) is 5.92 Å². The lowest BCUT2D eigenvalue weighted by Crippen LogP contribution is -2.35. The van der Waals surface area contributed by atoms with Crippen molar-refractivity contribution >= 4 is 6.09 Å². The fourth-order valence-electron chi connectivity index (χ4n) is 1.47. The van der Waals surface area contributed by atoms with Crippen molar-refractivity contribution in [3.05, 3.63) is 0 Å². The van der Waals surface area contributed by atoms with E-state index in [1.807, 2.05) is 20.8 Å². The number of hydrogen-bond donors (Lipinski definition) is 2. The van der Waals surface area contributed by atoms with Gasteiger partial charge in [0.2, 0.25) is 0 Å². The molecular weight excluding hydrogens is 210 g/mol. The largest absolute Gasteiger partial charge is 0.444 e. The number of nitrogens with zero attached hydrogens (tertiary/aromatic N) is 1. The number of amides is 1. The molecule has 16 heavy (non-hydrogen) atoms. The third-order valence-electron chi connectivity index (χ3n) is 2.20. The first-order valence-electron chi connectivity index (χ1n) is 5.46. The molecule has 1 atom stereocenters. The Balaban J connectivity index is 0.00000106. The lowest BCUT2D eigenvalue weighted by molar-refractivity contribution is 0.0284. The van der Waals surface area contributed by atoms with Gasteiger partial charge in [-0.25, -0.2) is 4.79 Å². The maximum Gasteiger partial charge on any atom is 0.410 e. The predicted molar refractivity (Wildman–Crippen MR) is 61.1 cm³/mol. The van der Waals surface area contributed by atoms with E-state index < -0.39 is 5.60 Å².